The van der Waals surface area contributed by atoms with Gasteiger partial charge in [0.25, 0.3) is 0 Å². The van der Waals surface area contributed by atoms with Gasteiger partial charge in [0.1, 0.15) is 19.8 Å². The maximum Gasteiger partial charge on any atom is 0.244 e. The summed E-state index contributed by atoms with van der Waals surface area (Å²) in [4.78, 5) is 20.3. The van der Waals surface area contributed by atoms with E-state index < -0.39 is 0 Å². The molecule has 0 radical (unpaired) electrons. The maximum atomic E-state index is 12.1. The van der Waals surface area contributed by atoms with Gasteiger partial charge >= 0.3 is 0 Å². The van der Waals surface area contributed by atoms with Crippen LogP contribution in [0.1, 0.15) is 56.1 Å². The molecule has 0 saturated carbocycles. The molecule has 80 heavy (non-hydrogen) atoms. The summed E-state index contributed by atoms with van der Waals surface area (Å²) in [5.41, 5.74) is 15.5. The summed E-state index contributed by atoms with van der Waals surface area (Å²) in [5, 5.41) is 6.46. The normalized spacial score (nSPS) is 12.4. The van der Waals surface area contributed by atoms with Crippen LogP contribution in [0, 0.1) is 0 Å². The minimum absolute atomic E-state index is 0.102. The lowest BCUT2D eigenvalue weighted by Gasteiger charge is -2.26. The first-order chi connectivity index (χ1) is 39.3. The Hall–Kier alpha value is -9.11. The van der Waals surface area contributed by atoms with E-state index in [-0.39, 0.29) is 11.9 Å². The molecule has 0 saturated heterocycles. The Balaban J connectivity index is 0.000000179. The van der Waals surface area contributed by atoms with Crippen molar-refractivity contribution in [3.05, 3.63) is 238 Å². The van der Waals surface area contributed by atoms with Gasteiger partial charge in [0.2, 0.25) is 17.7 Å². The molecule has 1 unspecified atom stereocenters. The first-order valence-corrected chi connectivity index (χ1v) is 26.4. The highest BCUT2D eigenvalue weighted by Crippen LogP contribution is 2.37. The van der Waals surface area contributed by atoms with E-state index in [4.69, 9.17) is 43.6 Å². The molecule has 0 bridgehead atoms. The fourth-order valence-electron chi connectivity index (χ4n) is 8.41. The minimum atomic E-state index is -0.162. The maximum absolute atomic E-state index is 12.1. The van der Waals surface area contributed by atoms with E-state index in [1.807, 2.05) is 133 Å². The number of hydrogen-bond acceptors (Lipinski definition) is 13. The first kappa shape index (κ1) is 58.6. The van der Waals surface area contributed by atoms with Crippen molar-refractivity contribution in [2.45, 2.75) is 45.1 Å². The zero-order chi connectivity index (χ0) is 56.2. The Morgan fingerprint density at radius 1 is 0.550 bits per heavy atom. The topological polar surface area (TPSA) is 167 Å². The van der Waals surface area contributed by atoms with Gasteiger partial charge < -0.3 is 54.3 Å². The zero-order valence-electron chi connectivity index (χ0n) is 46.1. The molecule has 0 aliphatic carbocycles. The monoisotopic (exact) mass is 1080 g/mol. The predicted octanol–water partition coefficient (Wildman–Crippen LogP) is 11.4. The molecular formula is C66H71N5O9. The van der Waals surface area contributed by atoms with Crippen molar-refractivity contribution in [2.24, 2.45) is 5.73 Å². The lowest BCUT2D eigenvalue weighted by molar-refractivity contribution is -0.116. The van der Waals surface area contributed by atoms with E-state index in [2.05, 4.69) is 57.0 Å². The Morgan fingerprint density at radius 2 is 1.11 bits per heavy atom. The molecule has 4 N–H and O–H groups in total. The van der Waals surface area contributed by atoms with E-state index in [0.717, 1.165) is 81.3 Å². The Labute approximate surface area is 470 Å². The highest BCUT2D eigenvalue weighted by molar-refractivity contribution is 5.91. The summed E-state index contributed by atoms with van der Waals surface area (Å²) in [6, 6.07) is 53.7. The highest BCUT2D eigenvalue weighted by atomic mass is 16.5. The number of ether oxygens (including phenoxy) is 8. The van der Waals surface area contributed by atoms with Gasteiger partial charge in [-0.2, -0.15) is 0 Å². The number of aromatic nitrogens is 2. The third kappa shape index (κ3) is 18.5. The smallest absolute Gasteiger partial charge is 0.244 e. The number of carbonyl (C=O) groups excluding carboxylic acids is 1. The van der Waals surface area contributed by atoms with E-state index >= 15 is 0 Å². The first-order valence-electron chi connectivity index (χ1n) is 26.4. The third-order valence-electron chi connectivity index (χ3n) is 12.7. The lowest BCUT2D eigenvalue weighted by Crippen LogP contribution is -2.28. The zero-order valence-corrected chi connectivity index (χ0v) is 46.1. The fourth-order valence-corrected chi connectivity index (χ4v) is 8.41. The number of nitrogens with zero attached hydrogens (tertiary/aromatic N) is 2. The van der Waals surface area contributed by atoms with Crippen LogP contribution in [0.25, 0.3) is 12.2 Å². The highest BCUT2D eigenvalue weighted by Gasteiger charge is 2.21. The molecule has 0 spiro atoms. The van der Waals surface area contributed by atoms with Gasteiger partial charge in [-0.05, 0) is 130 Å². The average molecular weight is 1080 g/mol. The van der Waals surface area contributed by atoms with Gasteiger partial charge in [-0.15, -0.1) is 0 Å². The fraction of sp³-hybridized carbons (Fsp3) is 0.227. The summed E-state index contributed by atoms with van der Waals surface area (Å²) >= 11 is 0. The number of nitrogens with one attached hydrogen (secondary N) is 2. The molecule has 14 nitrogen and oxygen atoms in total. The lowest BCUT2D eigenvalue weighted by atomic mass is 9.93. The van der Waals surface area contributed by atoms with Crippen molar-refractivity contribution in [1.29, 1.82) is 0 Å². The number of hydrogen-bond donors (Lipinski definition) is 3. The standard InChI is InChI=1S/C25H26N2O4.C25H26N2O3.C16H19NO2/c1-29-22-11-8-19(16-23(22)31-18-21-6-4-3-5-7-21)14-15-26-24(28)12-9-20-10-13-25(30-2)27-17-20;1-28-23-16-21-20(15-24(23)30-17-19-6-4-3-5-7-19)11-13-26-22(21)9-8-18-10-12-27-25(14-18)29-2;1-18-15-8-7-13(9-10-17)11-16(15)19-12-14-5-3-2-4-6-14/h3-13,16-17H,14-15,18H2,1-2H3,(H,26,28);3-10,12,14-16,22,26H,11,13,17H2,1-2H3;2-8,11H,9-10,12,17H2,1H3/b12-9+;9-8+;. The number of fused-ring (bicyclic) bond motifs is 1. The Kier molecular flexibility index (Phi) is 23.4. The van der Waals surface area contributed by atoms with Crippen LogP contribution in [-0.2, 0) is 43.9 Å². The molecule has 3 heterocycles. The van der Waals surface area contributed by atoms with Gasteiger partial charge in [-0.1, -0.05) is 115 Å². The number of benzene rings is 6. The van der Waals surface area contributed by atoms with Crippen molar-refractivity contribution in [1.82, 2.24) is 20.6 Å². The molecule has 1 atom stereocenters. The SMILES string of the molecule is COc1cc(/C=C/C2NCCc3cc(OCc4ccccc4)c(OC)cc32)ccn1.COc1ccc(/C=C/C(=O)NCCc2ccc(OC)c(OCc3ccccc3)c2)cn1.COc1ccc(CCN)cc1OCc1ccccc1. The summed E-state index contributed by atoms with van der Waals surface area (Å²) in [6.07, 6.45) is 13.3. The summed E-state index contributed by atoms with van der Waals surface area (Å²) in [5.74, 6) is 5.38. The van der Waals surface area contributed by atoms with Crippen molar-refractivity contribution in [3.8, 4) is 46.3 Å². The second kappa shape index (κ2) is 31.9. The van der Waals surface area contributed by atoms with Crippen LogP contribution in [0.2, 0.25) is 0 Å². The van der Waals surface area contributed by atoms with Crippen LogP contribution in [0.5, 0.6) is 46.3 Å². The van der Waals surface area contributed by atoms with Gasteiger partial charge in [0, 0.05) is 43.7 Å². The average Bonchev–Trinajstić information content (AvgIpc) is 3.51. The molecule has 8 aromatic rings. The molecule has 0 fully saturated rings. The molecule has 6 aromatic carbocycles. The van der Waals surface area contributed by atoms with Crippen LogP contribution >= 0.6 is 0 Å². The van der Waals surface area contributed by atoms with E-state index in [9.17, 15) is 4.79 Å². The largest absolute Gasteiger partial charge is 0.493 e. The van der Waals surface area contributed by atoms with Crippen LogP contribution < -0.4 is 54.3 Å². The van der Waals surface area contributed by atoms with Crippen molar-refractivity contribution >= 4 is 18.1 Å². The molecule has 14 heteroatoms. The third-order valence-corrected chi connectivity index (χ3v) is 12.7. The number of rotatable bonds is 23. The molecule has 1 amide bonds. The number of carbonyl (C=O) groups is 1. The molecule has 414 valence electrons. The molecule has 1 aliphatic heterocycles. The minimum Gasteiger partial charge on any atom is -0.493 e. The van der Waals surface area contributed by atoms with Crippen molar-refractivity contribution in [2.75, 3.05) is 55.2 Å². The number of amides is 1. The summed E-state index contributed by atoms with van der Waals surface area (Å²) in [7, 11) is 8.13. The molecular weight excluding hydrogens is 1010 g/mol. The van der Waals surface area contributed by atoms with E-state index in [1.54, 1.807) is 60.1 Å². The van der Waals surface area contributed by atoms with Crippen LogP contribution in [0.3, 0.4) is 0 Å². The van der Waals surface area contributed by atoms with Crippen LogP contribution in [0.4, 0.5) is 0 Å². The number of methoxy groups -OCH3 is 5. The molecule has 2 aromatic heterocycles. The second-order valence-corrected chi connectivity index (χ2v) is 18.2. The quantitative estimate of drug-likeness (QED) is 0.0519. The van der Waals surface area contributed by atoms with Gasteiger partial charge in [0.15, 0.2) is 34.5 Å². The van der Waals surface area contributed by atoms with Crippen molar-refractivity contribution < 1.29 is 42.7 Å². The Morgan fingerprint density at radius 3 is 1.64 bits per heavy atom. The van der Waals surface area contributed by atoms with Crippen LogP contribution in [0.15, 0.2) is 188 Å². The Bertz CT molecular complexity index is 3200. The summed E-state index contributed by atoms with van der Waals surface area (Å²) < 4.78 is 44.5. The molecule has 1 aliphatic rings. The van der Waals surface area contributed by atoms with Crippen LogP contribution in [-0.4, -0.2) is 71.1 Å². The van der Waals surface area contributed by atoms with Gasteiger partial charge in [0.05, 0.1) is 41.6 Å². The molecule has 9 rings (SSSR count). The summed E-state index contributed by atoms with van der Waals surface area (Å²) in [6.45, 7) is 3.55. The van der Waals surface area contributed by atoms with Gasteiger partial charge in [-0.25, -0.2) is 9.97 Å². The van der Waals surface area contributed by atoms with E-state index in [1.165, 1.54) is 17.2 Å². The second-order valence-electron chi connectivity index (χ2n) is 18.2. The van der Waals surface area contributed by atoms with E-state index in [0.29, 0.717) is 62.6 Å². The number of nitrogens with two attached hydrogens (primary N) is 1. The predicted molar refractivity (Wildman–Crippen MR) is 315 cm³/mol. The van der Waals surface area contributed by atoms with Crippen molar-refractivity contribution in [3.63, 3.8) is 0 Å². The number of pyridine rings is 2. The van der Waals surface area contributed by atoms with Gasteiger partial charge in [-0.3, -0.25) is 4.79 Å².